The minimum atomic E-state index is -0.105. The minimum Gasteiger partial charge on any atom is -0.353 e. The fourth-order valence-corrected chi connectivity index (χ4v) is 3.83. The van der Waals surface area contributed by atoms with E-state index < -0.39 is 0 Å². The van der Waals surface area contributed by atoms with Crippen molar-refractivity contribution < 1.29 is 4.79 Å². The smallest absolute Gasteiger partial charge is 0.278 e. The van der Waals surface area contributed by atoms with Crippen LogP contribution in [0.2, 0.25) is 0 Å². The van der Waals surface area contributed by atoms with Crippen LogP contribution < -0.4 is 10.9 Å². The van der Waals surface area contributed by atoms with E-state index in [1.54, 1.807) is 4.57 Å². The molecule has 7 heteroatoms. The zero-order valence-corrected chi connectivity index (χ0v) is 16.8. The van der Waals surface area contributed by atoms with Gasteiger partial charge < -0.3 is 10.3 Å². The quantitative estimate of drug-likeness (QED) is 0.505. The number of aromatic nitrogens is 3. The molecule has 0 bridgehead atoms. The zero-order valence-electron chi connectivity index (χ0n) is 16.0. The number of aryl methyl sites for hydroxylation is 2. The van der Waals surface area contributed by atoms with E-state index >= 15 is 0 Å². The zero-order chi connectivity index (χ0) is 19.6. The van der Waals surface area contributed by atoms with Gasteiger partial charge in [-0.05, 0) is 39.3 Å². The summed E-state index contributed by atoms with van der Waals surface area (Å²) in [6, 6.07) is 9.88. The number of hydrogen-bond donors (Lipinski definition) is 2. The van der Waals surface area contributed by atoms with Gasteiger partial charge in [0.1, 0.15) is 5.52 Å². The number of hydrogen-bond acceptors (Lipinski definition) is 4. The number of rotatable bonds is 6. The van der Waals surface area contributed by atoms with Crippen LogP contribution in [-0.2, 0) is 11.3 Å². The summed E-state index contributed by atoms with van der Waals surface area (Å²) in [5.41, 5.74) is 4.18. The number of nitrogens with one attached hydrogen (secondary N) is 2. The highest BCUT2D eigenvalue weighted by molar-refractivity contribution is 7.99. The number of fused-ring (bicyclic) bond motifs is 1. The third kappa shape index (κ3) is 4.24. The molecule has 27 heavy (non-hydrogen) atoms. The van der Waals surface area contributed by atoms with Gasteiger partial charge in [0.25, 0.3) is 5.56 Å². The molecule has 6 nitrogen and oxygen atoms in total. The van der Waals surface area contributed by atoms with E-state index in [1.807, 2.05) is 58.0 Å². The third-order valence-corrected chi connectivity index (χ3v) is 5.42. The molecule has 0 aliphatic rings. The molecule has 2 aromatic heterocycles. The third-order valence-electron chi connectivity index (χ3n) is 4.44. The van der Waals surface area contributed by atoms with E-state index in [1.165, 1.54) is 17.3 Å². The van der Waals surface area contributed by atoms with Crippen molar-refractivity contribution in [3.63, 3.8) is 0 Å². The van der Waals surface area contributed by atoms with Gasteiger partial charge in [-0.15, -0.1) is 0 Å². The highest BCUT2D eigenvalue weighted by Crippen LogP contribution is 2.19. The maximum atomic E-state index is 12.6. The molecule has 1 unspecified atom stereocenters. The Labute approximate surface area is 162 Å². The van der Waals surface area contributed by atoms with Crippen LogP contribution in [-0.4, -0.2) is 26.2 Å². The topological polar surface area (TPSA) is 79.8 Å². The highest BCUT2D eigenvalue weighted by atomic mass is 32.2. The lowest BCUT2D eigenvalue weighted by molar-refractivity contribution is -0.119. The molecule has 0 spiro atoms. The lowest BCUT2D eigenvalue weighted by atomic mass is 10.1. The average Bonchev–Trinajstić information content (AvgIpc) is 3.01. The first-order chi connectivity index (χ1) is 12.9. The summed E-state index contributed by atoms with van der Waals surface area (Å²) in [6.45, 7) is 8.29. The SMILES string of the molecule is CCn1c(SCC(=O)NC(C)c2ccc(C)cc2)nc2cc(C)[nH]c2c1=O. The molecule has 0 saturated carbocycles. The minimum absolute atomic E-state index is 0.0742. The molecular formula is C20H24N4O2S. The Morgan fingerprint density at radius 1 is 1.30 bits per heavy atom. The number of amides is 1. The van der Waals surface area contributed by atoms with Gasteiger partial charge in [0.2, 0.25) is 5.91 Å². The summed E-state index contributed by atoms with van der Waals surface area (Å²) < 4.78 is 1.60. The average molecular weight is 385 g/mol. The van der Waals surface area contributed by atoms with Crippen molar-refractivity contribution in [2.45, 2.75) is 45.4 Å². The van der Waals surface area contributed by atoms with Crippen LogP contribution in [0.1, 0.15) is 36.7 Å². The van der Waals surface area contributed by atoms with E-state index in [9.17, 15) is 9.59 Å². The lowest BCUT2D eigenvalue weighted by Gasteiger charge is -2.15. The van der Waals surface area contributed by atoms with Crippen molar-refractivity contribution in [2.24, 2.45) is 0 Å². The van der Waals surface area contributed by atoms with Gasteiger partial charge in [-0.3, -0.25) is 14.2 Å². The van der Waals surface area contributed by atoms with Crippen molar-refractivity contribution >= 4 is 28.7 Å². The molecule has 1 atom stereocenters. The number of H-pyrrole nitrogens is 1. The number of aromatic amines is 1. The maximum absolute atomic E-state index is 12.6. The molecule has 3 rings (SSSR count). The standard InChI is InChI=1S/C20H24N4O2S/c1-5-24-19(26)18-16(10-13(3)21-18)23-20(24)27-11-17(25)22-14(4)15-8-6-12(2)7-9-15/h6-10,14,21H,5,11H2,1-4H3,(H,22,25). The molecular weight excluding hydrogens is 360 g/mol. The van der Waals surface area contributed by atoms with Gasteiger partial charge in [-0.1, -0.05) is 41.6 Å². The van der Waals surface area contributed by atoms with Crippen molar-refractivity contribution in [1.82, 2.24) is 19.9 Å². The van der Waals surface area contributed by atoms with Gasteiger partial charge in [-0.2, -0.15) is 0 Å². The molecule has 3 aromatic rings. The second-order valence-electron chi connectivity index (χ2n) is 6.64. The van der Waals surface area contributed by atoms with Crippen molar-refractivity contribution in [1.29, 1.82) is 0 Å². The summed E-state index contributed by atoms with van der Waals surface area (Å²) in [5, 5.41) is 3.56. The molecule has 0 saturated heterocycles. The van der Waals surface area contributed by atoms with Crippen LogP contribution in [0.3, 0.4) is 0 Å². The maximum Gasteiger partial charge on any atom is 0.278 e. The predicted octanol–water partition coefficient (Wildman–Crippen LogP) is 3.33. The van der Waals surface area contributed by atoms with Crippen LogP contribution in [0.15, 0.2) is 40.3 Å². The van der Waals surface area contributed by atoms with Crippen LogP contribution >= 0.6 is 11.8 Å². The van der Waals surface area contributed by atoms with Gasteiger partial charge in [0, 0.05) is 12.2 Å². The summed E-state index contributed by atoms with van der Waals surface area (Å²) >= 11 is 1.28. The second-order valence-corrected chi connectivity index (χ2v) is 7.59. The van der Waals surface area contributed by atoms with Crippen LogP contribution in [0.4, 0.5) is 0 Å². The first kappa shape index (κ1) is 19.2. The molecule has 0 radical (unpaired) electrons. The van der Waals surface area contributed by atoms with E-state index in [-0.39, 0.29) is 23.3 Å². The van der Waals surface area contributed by atoms with E-state index in [2.05, 4.69) is 15.3 Å². The number of thioether (sulfide) groups is 1. The summed E-state index contributed by atoms with van der Waals surface area (Å²) in [5.74, 6) is 0.118. The van der Waals surface area contributed by atoms with Gasteiger partial charge in [0.05, 0.1) is 17.3 Å². The van der Waals surface area contributed by atoms with Crippen molar-refractivity contribution in [2.75, 3.05) is 5.75 Å². The van der Waals surface area contributed by atoms with E-state index in [0.29, 0.717) is 22.7 Å². The molecule has 0 aliphatic carbocycles. The summed E-state index contributed by atoms with van der Waals surface area (Å²) in [6.07, 6.45) is 0. The van der Waals surface area contributed by atoms with Crippen LogP contribution in [0.5, 0.6) is 0 Å². The predicted molar refractivity (Wildman–Crippen MR) is 109 cm³/mol. The fourth-order valence-electron chi connectivity index (χ4n) is 2.95. The first-order valence-electron chi connectivity index (χ1n) is 8.98. The van der Waals surface area contributed by atoms with Crippen LogP contribution in [0, 0.1) is 13.8 Å². The van der Waals surface area contributed by atoms with Gasteiger partial charge in [0.15, 0.2) is 5.16 Å². The molecule has 1 aromatic carbocycles. The molecule has 2 heterocycles. The summed E-state index contributed by atoms with van der Waals surface area (Å²) in [7, 11) is 0. The molecule has 1 amide bonds. The van der Waals surface area contributed by atoms with E-state index in [0.717, 1.165) is 11.3 Å². The first-order valence-corrected chi connectivity index (χ1v) is 9.96. The molecule has 0 fully saturated rings. The number of benzene rings is 1. The number of nitrogens with zero attached hydrogens (tertiary/aromatic N) is 2. The largest absolute Gasteiger partial charge is 0.353 e. The Morgan fingerprint density at radius 3 is 2.67 bits per heavy atom. The Bertz CT molecular complexity index is 1020. The molecule has 2 N–H and O–H groups in total. The Morgan fingerprint density at radius 2 is 2.00 bits per heavy atom. The fraction of sp³-hybridized carbons (Fsp3) is 0.350. The highest BCUT2D eigenvalue weighted by Gasteiger charge is 2.15. The Kier molecular flexibility index (Phi) is 5.70. The number of carbonyl (C=O) groups excluding carboxylic acids is 1. The normalized spacial score (nSPS) is 12.3. The Balaban J connectivity index is 1.71. The molecule has 0 aliphatic heterocycles. The second kappa shape index (κ2) is 8.00. The van der Waals surface area contributed by atoms with Crippen LogP contribution in [0.25, 0.3) is 11.0 Å². The van der Waals surface area contributed by atoms with Crippen molar-refractivity contribution in [3.05, 3.63) is 57.5 Å². The lowest BCUT2D eigenvalue weighted by Crippen LogP contribution is -2.29. The van der Waals surface area contributed by atoms with Gasteiger partial charge >= 0.3 is 0 Å². The van der Waals surface area contributed by atoms with Gasteiger partial charge in [-0.25, -0.2) is 4.98 Å². The number of carbonyl (C=O) groups is 1. The Hall–Kier alpha value is -2.54. The van der Waals surface area contributed by atoms with Crippen molar-refractivity contribution in [3.8, 4) is 0 Å². The molecule has 142 valence electrons. The summed E-state index contributed by atoms with van der Waals surface area (Å²) in [4.78, 5) is 32.6. The van der Waals surface area contributed by atoms with E-state index in [4.69, 9.17) is 0 Å². The monoisotopic (exact) mass is 384 g/mol.